The molecule has 0 amide bonds. The molecular weight excluding hydrogens is 280 g/mol. The van der Waals surface area contributed by atoms with Crippen LogP contribution < -0.4 is 15.8 Å². The van der Waals surface area contributed by atoms with Gasteiger partial charge in [-0.05, 0) is 59.6 Å². The van der Waals surface area contributed by atoms with Crippen molar-refractivity contribution in [3.05, 3.63) is 28.2 Å². The minimum atomic E-state index is 0.329. The number of methoxy groups -OCH3 is 1. The molecule has 0 bridgehead atoms. The molecule has 0 saturated carbocycles. The summed E-state index contributed by atoms with van der Waals surface area (Å²) in [6.45, 7) is 2.89. The number of ether oxygens (including phenoxy) is 1. The zero-order valence-electron chi connectivity index (χ0n) is 10.7. The van der Waals surface area contributed by atoms with Gasteiger partial charge < -0.3 is 15.8 Å². The number of hydrogen-bond donors (Lipinski definition) is 2. The van der Waals surface area contributed by atoms with Crippen molar-refractivity contribution < 1.29 is 4.74 Å². The van der Waals surface area contributed by atoms with Crippen LogP contribution in [0, 0.1) is 5.92 Å². The van der Waals surface area contributed by atoms with Crippen LogP contribution in [-0.4, -0.2) is 20.7 Å². The van der Waals surface area contributed by atoms with Gasteiger partial charge in [0.15, 0.2) is 0 Å². The Labute approximate surface area is 112 Å². The van der Waals surface area contributed by atoms with Crippen LogP contribution in [0.3, 0.4) is 0 Å². The van der Waals surface area contributed by atoms with Crippen molar-refractivity contribution in [2.45, 2.75) is 19.4 Å². The van der Waals surface area contributed by atoms with E-state index in [0.29, 0.717) is 12.0 Å². The summed E-state index contributed by atoms with van der Waals surface area (Å²) in [5, 5.41) is 3.33. The average molecular weight is 301 g/mol. The van der Waals surface area contributed by atoms with Crippen LogP contribution in [0.5, 0.6) is 5.75 Å². The lowest BCUT2D eigenvalue weighted by Gasteiger charge is -2.20. The highest BCUT2D eigenvalue weighted by Crippen LogP contribution is 2.30. The molecule has 96 valence electrons. The molecule has 0 aliphatic heterocycles. The first-order valence-electron chi connectivity index (χ1n) is 5.83. The molecule has 2 atom stereocenters. The van der Waals surface area contributed by atoms with Gasteiger partial charge in [-0.25, -0.2) is 0 Å². The number of hydrogen-bond acceptors (Lipinski definition) is 3. The van der Waals surface area contributed by atoms with Gasteiger partial charge in [-0.15, -0.1) is 0 Å². The van der Waals surface area contributed by atoms with E-state index in [2.05, 4.69) is 40.3 Å². The molecule has 0 radical (unpaired) electrons. The quantitative estimate of drug-likeness (QED) is 0.849. The van der Waals surface area contributed by atoms with Gasteiger partial charge in [-0.1, -0.05) is 13.0 Å². The summed E-state index contributed by atoms with van der Waals surface area (Å²) in [6.07, 6.45) is 1.03. The third-order valence-corrected chi connectivity index (χ3v) is 3.59. The molecule has 3 nitrogen and oxygen atoms in total. The van der Waals surface area contributed by atoms with Crippen LogP contribution in [0.1, 0.15) is 24.9 Å². The highest BCUT2D eigenvalue weighted by Gasteiger charge is 2.14. The van der Waals surface area contributed by atoms with E-state index < -0.39 is 0 Å². The second-order valence-electron chi connectivity index (χ2n) is 4.31. The Morgan fingerprint density at radius 2 is 2.18 bits per heavy atom. The molecule has 4 heteroatoms. The number of nitrogens with one attached hydrogen (secondary N) is 1. The summed E-state index contributed by atoms with van der Waals surface area (Å²) < 4.78 is 6.21. The molecule has 0 fully saturated rings. The van der Waals surface area contributed by atoms with Gasteiger partial charge >= 0.3 is 0 Å². The Morgan fingerprint density at radius 1 is 1.47 bits per heavy atom. The van der Waals surface area contributed by atoms with E-state index in [4.69, 9.17) is 10.5 Å². The van der Waals surface area contributed by atoms with Crippen molar-refractivity contribution in [1.82, 2.24) is 5.32 Å². The number of benzene rings is 1. The Bertz CT molecular complexity index is 357. The van der Waals surface area contributed by atoms with Gasteiger partial charge in [0, 0.05) is 6.04 Å². The maximum absolute atomic E-state index is 5.67. The molecule has 2 unspecified atom stereocenters. The van der Waals surface area contributed by atoms with Crippen LogP contribution in [0.2, 0.25) is 0 Å². The van der Waals surface area contributed by atoms with E-state index in [1.165, 1.54) is 5.56 Å². The second-order valence-corrected chi connectivity index (χ2v) is 5.17. The third kappa shape index (κ3) is 3.98. The highest BCUT2D eigenvalue weighted by molar-refractivity contribution is 9.10. The Balaban J connectivity index is 2.85. The lowest BCUT2D eigenvalue weighted by atomic mass is 9.96. The summed E-state index contributed by atoms with van der Waals surface area (Å²) in [5.41, 5.74) is 6.92. The number of halogens is 1. The molecule has 1 aromatic rings. The molecule has 0 saturated heterocycles. The molecule has 0 heterocycles. The fourth-order valence-corrected chi connectivity index (χ4v) is 2.38. The van der Waals surface area contributed by atoms with Gasteiger partial charge in [0.2, 0.25) is 0 Å². The summed E-state index contributed by atoms with van der Waals surface area (Å²) >= 11 is 3.51. The van der Waals surface area contributed by atoms with E-state index in [1.807, 2.05) is 13.1 Å². The maximum Gasteiger partial charge on any atom is 0.133 e. The largest absolute Gasteiger partial charge is 0.496 e. The zero-order chi connectivity index (χ0) is 12.8. The SMILES string of the molecule is CNC(CC(C)CN)c1ccc(OC)c(Br)c1. The third-order valence-electron chi connectivity index (χ3n) is 2.97. The van der Waals surface area contributed by atoms with E-state index in [-0.39, 0.29) is 0 Å². The summed E-state index contributed by atoms with van der Waals surface area (Å²) in [5.74, 6) is 1.36. The first kappa shape index (κ1) is 14.5. The van der Waals surface area contributed by atoms with Gasteiger partial charge in [0.1, 0.15) is 5.75 Å². The van der Waals surface area contributed by atoms with Crippen molar-refractivity contribution in [2.24, 2.45) is 11.7 Å². The van der Waals surface area contributed by atoms with Crippen LogP contribution >= 0.6 is 15.9 Å². The summed E-state index contributed by atoms with van der Waals surface area (Å²) in [7, 11) is 3.65. The van der Waals surface area contributed by atoms with Crippen molar-refractivity contribution in [2.75, 3.05) is 20.7 Å². The van der Waals surface area contributed by atoms with Crippen LogP contribution in [0.4, 0.5) is 0 Å². The molecule has 0 aromatic heterocycles. The number of nitrogens with two attached hydrogens (primary N) is 1. The average Bonchev–Trinajstić information content (AvgIpc) is 2.35. The van der Waals surface area contributed by atoms with Crippen LogP contribution in [0.25, 0.3) is 0 Å². The van der Waals surface area contributed by atoms with Gasteiger partial charge in [-0.3, -0.25) is 0 Å². The molecule has 0 aliphatic rings. The van der Waals surface area contributed by atoms with E-state index in [9.17, 15) is 0 Å². The Morgan fingerprint density at radius 3 is 2.65 bits per heavy atom. The molecule has 17 heavy (non-hydrogen) atoms. The molecular formula is C13H21BrN2O. The standard InChI is InChI=1S/C13H21BrN2O/c1-9(8-15)6-12(16-2)10-4-5-13(17-3)11(14)7-10/h4-5,7,9,12,16H,6,8,15H2,1-3H3. The predicted octanol–water partition coefficient (Wildman–Crippen LogP) is 2.70. The summed E-state index contributed by atoms with van der Waals surface area (Å²) in [4.78, 5) is 0. The minimum Gasteiger partial charge on any atom is -0.496 e. The van der Waals surface area contributed by atoms with Crippen LogP contribution in [0.15, 0.2) is 22.7 Å². The molecule has 0 aliphatic carbocycles. The van der Waals surface area contributed by atoms with Gasteiger partial charge in [0.25, 0.3) is 0 Å². The Kier molecular flexibility index (Phi) is 5.95. The highest BCUT2D eigenvalue weighted by atomic mass is 79.9. The topological polar surface area (TPSA) is 47.3 Å². The van der Waals surface area contributed by atoms with Crippen molar-refractivity contribution >= 4 is 15.9 Å². The minimum absolute atomic E-state index is 0.329. The first-order chi connectivity index (χ1) is 8.12. The molecule has 0 spiro atoms. The zero-order valence-corrected chi connectivity index (χ0v) is 12.3. The molecule has 1 rings (SSSR count). The lowest BCUT2D eigenvalue weighted by molar-refractivity contribution is 0.410. The van der Waals surface area contributed by atoms with E-state index >= 15 is 0 Å². The number of rotatable bonds is 6. The van der Waals surface area contributed by atoms with E-state index in [1.54, 1.807) is 7.11 Å². The first-order valence-corrected chi connectivity index (χ1v) is 6.62. The second kappa shape index (κ2) is 6.99. The van der Waals surface area contributed by atoms with Gasteiger partial charge in [-0.2, -0.15) is 0 Å². The smallest absolute Gasteiger partial charge is 0.133 e. The maximum atomic E-state index is 5.67. The van der Waals surface area contributed by atoms with Gasteiger partial charge in [0.05, 0.1) is 11.6 Å². The predicted molar refractivity (Wildman–Crippen MR) is 75.3 cm³/mol. The Hall–Kier alpha value is -0.580. The van der Waals surface area contributed by atoms with Crippen LogP contribution in [-0.2, 0) is 0 Å². The van der Waals surface area contributed by atoms with Crippen molar-refractivity contribution in [3.63, 3.8) is 0 Å². The fraction of sp³-hybridized carbons (Fsp3) is 0.538. The van der Waals surface area contributed by atoms with Crippen molar-refractivity contribution in [3.8, 4) is 5.75 Å². The van der Waals surface area contributed by atoms with E-state index in [0.717, 1.165) is 23.2 Å². The fourth-order valence-electron chi connectivity index (χ4n) is 1.82. The normalized spacial score (nSPS) is 14.4. The lowest BCUT2D eigenvalue weighted by Crippen LogP contribution is -2.22. The molecule has 1 aromatic carbocycles. The summed E-state index contributed by atoms with van der Waals surface area (Å²) in [6, 6.07) is 6.50. The monoisotopic (exact) mass is 300 g/mol. The van der Waals surface area contributed by atoms with Crippen molar-refractivity contribution in [1.29, 1.82) is 0 Å². The molecule has 3 N–H and O–H groups in total.